The highest BCUT2D eigenvalue weighted by Gasteiger charge is 2.25. The average Bonchev–Trinajstić information content (AvgIpc) is 3.41. The Bertz CT molecular complexity index is 1460. The summed E-state index contributed by atoms with van der Waals surface area (Å²) in [6, 6.07) is 10.8. The van der Waals surface area contributed by atoms with E-state index < -0.39 is 21.8 Å². The first-order chi connectivity index (χ1) is 16.2. The molecule has 2 amide bonds. The lowest BCUT2D eigenvalue weighted by Crippen LogP contribution is -2.19. The second-order valence-corrected chi connectivity index (χ2v) is 10.3. The normalized spacial score (nSPS) is 13.7. The highest BCUT2D eigenvalue weighted by molar-refractivity contribution is 7.89. The number of benzene rings is 1. The fourth-order valence-corrected chi connectivity index (χ4v) is 5.58. The van der Waals surface area contributed by atoms with E-state index in [2.05, 4.69) is 5.32 Å². The molecule has 1 aliphatic carbocycles. The number of rotatable bonds is 6. The summed E-state index contributed by atoms with van der Waals surface area (Å²) in [5, 5.41) is 17.6. The van der Waals surface area contributed by atoms with Crippen LogP contribution in [0, 0.1) is 11.3 Å². The van der Waals surface area contributed by atoms with Crippen molar-refractivity contribution in [2.24, 2.45) is 10.9 Å². The van der Waals surface area contributed by atoms with Gasteiger partial charge in [-0.2, -0.15) is 5.26 Å². The number of nitrogens with zero attached hydrogens (tertiary/aromatic N) is 1. The van der Waals surface area contributed by atoms with Gasteiger partial charge in [0.1, 0.15) is 28.2 Å². The summed E-state index contributed by atoms with van der Waals surface area (Å²) < 4.78 is 28.5. The lowest BCUT2D eigenvalue weighted by molar-refractivity contribution is -0.112. The van der Waals surface area contributed by atoms with E-state index >= 15 is 0 Å². The first kappa shape index (κ1) is 23.4. The Morgan fingerprint density at radius 1 is 1.12 bits per heavy atom. The van der Waals surface area contributed by atoms with Crippen LogP contribution in [0.1, 0.15) is 39.4 Å². The van der Waals surface area contributed by atoms with E-state index in [9.17, 15) is 23.3 Å². The number of nitrogens with one attached hydrogen (secondary N) is 1. The fourth-order valence-electron chi connectivity index (χ4n) is 3.77. The monoisotopic (exact) mass is 496 g/mol. The van der Waals surface area contributed by atoms with E-state index in [1.54, 1.807) is 12.1 Å². The molecule has 174 valence electrons. The number of primary sulfonamides is 1. The average molecular weight is 497 g/mol. The molecular weight excluding hydrogens is 476 g/mol. The summed E-state index contributed by atoms with van der Waals surface area (Å²) in [5.74, 6) is -0.634. The summed E-state index contributed by atoms with van der Waals surface area (Å²) in [5.41, 5.74) is 7.13. The van der Waals surface area contributed by atoms with Crippen molar-refractivity contribution in [2.45, 2.75) is 30.6 Å². The van der Waals surface area contributed by atoms with Crippen molar-refractivity contribution in [3.8, 4) is 17.4 Å². The van der Waals surface area contributed by atoms with Gasteiger partial charge in [0, 0.05) is 16.5 Å². The topological polar surface area (TPSA) is 169 Å². The van der Waals surface area contributed by atoms with Crippen LogP contribution >= 0.6 is 11.3 Å². The van der Waals surface area contributed by atoms with Crippen molar-refractivity contribution in [3.63, 3.8) is 0 Å². The molecule has 0 unspecified atom stereocenters. The van der Waals surface area contributed by atoms with Gasteiger partial charge in [0.05, 0.1) is 10.5 Å². The number of primary amides is 1. The number of amides is 2. The summed E-state index contributed by atoms with van der Waals surface area (Å²) in [7, 11) is -3.81. The Hall–Kier alpha value is -3.72. The molecule has 2 aromatic heterocycles. The molecule has 0 saturated heterocycles. The van der Waals surface area contributed by atoms with Crippen LogP contribution in [0.25, 0.3) is 17.4 Å². The van der Waals surface area contributed by atoms with E-state index in [0.29, 0.717) is 21.9 Å². The molecule has 11 heteroatoms. The third kappa shape index (κ3) is 4.79. The highest BCUT2D eigenvalue weighted by Crippen LogP contribution is 2.38. The summed E-state index contributed by atoms with van der Waals surface area (Å²) in [6.07, 6.45) is 4.80. The van der Waals surface area contributed by atoms with E-state index in [1.165, 1.54) is 41.7 Å². The van der Waals surface area contributed by atoms with Gasteiger partial charge >= 0.3 is 0 Å². The van der Waals surface area contributed by atoms with Gasteiger partial charge in [0.15, 0.2) is 0 Å². The maximum Gasteiger partial charge on any atom is 0.267 e. The first-order valence-electron chi connectivity index (χ1n) is 10.3. The summed E-state index contributed by atoms with van der Waals surface area (Å²) >= 11 is 1.31. The Balaban J connectivity index is 1.56. The Labute approximate surface area is 199 Å². The number of nitriles is 1. The molecule has 0 atom stereocenters. The predicted octanol–water partition coefficient (Wildman–Crippen LogP) is 3.18. The molecule has 0 spiro atoms. The number of thiophene rings is 1. The van der Waals surface area contributed by atoms with Crippen molar-refractivity contribution in [3.05, 3.63) is 63.7 Å². The van der Waals surface area contributed by atoms with Gasteiger partial charge in [-0.05, 0) is 67.6 Å². The van der Waals surface area contributed by atoms with Crippen molar-refractivity contribution in [1.29, 1.82) is 5.26 Å². The minimum atomic E-state index is -3.81. The summed E-state index contributed by atoms with van der Waals surface area (Å²) in [6.45, 7) is 0. The molecule has 5 N–H and O–H groups in total. The number of furan rings is 1. The van der Waals surface area contributed by atoms with Crippen molar-refractivity contribution in [2.75, 3.05) is 5.32 Å². The zero-order chi connectivity index (χ0) is 24.5. The highest BCUT2D eigenvalue weighted by atomic mass is 32.2. The molecule has 2 heterocycles. The van der Waals surface area contributed by atoms with E-state index in [-0.39, 0.29) is 16.2 Å². The number of aryl methyl sites for hydroxylation is 1. The standard InChI is InChI=1S/C23H20N4O5S2/c24-12-14(22(29)27-23-20(21(25)28)17-3-1-2-4-19(17)33-23)11-15-7-10-18(32-15)13-5-8-16(9-6-13)34(26,30)31/h5-11H,1-4H2,(H2,25,28)(H,27,29)(H2,26,30,31)/b14-11+. The molecule has 0 aliphatic heterocycles. The summed E-state index contributed by atoms with van der Waals surface area (Å²) in [4.78, 5) is 25.8. The lowest BCUT2D eigenvalue weighted by Gasteiger charge is -2.11. The molecule has 4 rings (SSSR count). The van der Waals surface area contributed by atoms with Gasteiger partial charge in [0.2, 0.25) is 10.0 Å². The van der Waals surface area contributed by atoms with Crippen LogP contribution < -0.4 is 16.2 Å². The van der Waals surface area contributed by atoms with Gasteiger partial charge in [-0.3, -0.25) is 9.59 Å². The SMILES string of the molecule is N#C/C(=C\c1ccc(-c2ccc(S(N)(=O)=O)cc2)o1)C(=O)Nc1sc2c(c1C(N)=O)CCCC2. The molecule has 0 radical (unpaired) electrons. The maximum absolute atomic E-state index is 12.8. The zero-order valence-corrected chi connectivity index (χ0v) is 19.5. The lowest BCUT2D eigenvalue weighted by atomic mass is 9.95. The molecular formula is C23H20N4O5S2. The van der Waals surface area contributed by atoms with Crippen molar-refractivity contribution in [1.82, 2.24) is 0 Å². The molecule has 1 aromatic carbocycles. The number of carbonyl (C=O) groups excluding carboxylic acids is 2. The van der Waals surface area contributed by atoms with Crippen LogP contribution in [0.3, 0.4) is 0 Å². The Kier molecular flexibility index (Phi) is 6.39. The third-order valence-electron chi connectivity index (χ3n) is 5.39. The zero-order valence-electron chi connectivity index (χ0n) is 17.8. The van der Waals surface area contributed by atoms with E-state index in [0.717, 1.165) is 36.1 Å². The van der Waals surface area contributed by atoms with Crippen molar-refractivity contribution >= 4 is 44.3 Å². The van der Waals surface area contributed by atoms with Gasteiger partial charge in [-0.15, -0.1) is 11.3 Å². The van der Waals surface area contributed by atoms with Crippen LogP contribution in [0.2, 0.25) is 0 Å². The quantitative estimate of drug-likeness (QED) is 0.349. The second-order valence-electron chi connectivity index (χ2n) is 7.67. The van der Waals surface area contributed by atoms with Crippen LogP contribution in [0.5, 0.6) is 0 Å². The molecule has 0 saturated carbocycles. The third-order valence-corrected chi connectivity index (χ3v) is 7.53. The molecule has 0 bridgehead atoms. The minimum Gasteiger partial charge on any atom is -0.457 e. The molecule has 3 aromatic rings. The van der Waals surface area contributed by atoms with Gasteiger partial charge in [-0.1, -0.05) is 0 Å². The van der Waals surface area contributed by atoms with Crippen molar-refractivity contribution < 1.29 is 22.4 Å². The van der Waals surface area contributed by atoms with Gasteiger partial charge in [0.25, 0.3) is 11.8 Å². The number of hydrogen-bond donors (Lipinski definition) is 3. The van der Waals surface area contributed by atoms with Crippen LogP contribution in [-0.2, 0) is 27.7 Å². The van der Waals surface area contributed by atoms with Crippen LogP contribution in [0.15, 0.2) is 51.3 Å². The molecule has 0 fully saturated rings. The number of fused-ring (bicyclic) bond motifs is 1. The number of nitrogens with two attached hydrogens (primary N) is 2. The largest absolute Gasteiger partial charge is 0.457 e. The Morgan fingerprint density at radius 3 is 2.47 bits per heavy atom. The predicted molar refractivity (Wildman–Crippen MR) is 127 cm³/mol. The number of sulfonamides is 1. The Morgan fingerprint density at radius 2 is 1.82 bits per heavy atom. The maximum atomic E-state index is 12.8. The molecule has 34 heavy (non-hydrogen) atoms. The molecule has 9 nitrogen and oxygen atoms in total. The second kappa shape index (κ2) is 9.26. The van der Waals surface area contributed by atoms with E-state index in [1.807, 2.05) is 6.07 Å². The number of anilines is 1. The first-order valence-corrected chi connectivity index (χ1v) is 12.6. The molecule has 1 aliphatic rings. The minimum absolute atomic E-state index is 0.0306. The number of hydrogen-bond acceptors (Lipinski definition) is 7. The smallest absolute Gasteiger partial charge is 0.267 e. The van der Waals surface area contributed by atoms with Crippen LogP contribution in [0.4, 0.5) is 5.00 Å². The fraction of sp³-hybridized carbons (Fsp3) is 0.174. The van der Waals surface area contributed by atoms with E-state index in [4.69, 9.17) is 15.3 Å². The van der Waals surface area contributed by atoms with Gasteiger partial charge < -0.3 is 15.5 Å². The van der Waals surface area contributed by atoms with Crippen LogP contribution in [-0.4, -0.2) is 20.2 Å². The van der Waals surface area contributed by atoms with Gasteiger partial charge in [-0.25, -0.2) is 13.6 Å². The number of carbonyl (C=O) groups is 2.